The topological polar surface area (TPSA) is 63.4 Å². The van der Waals surface area contributed by atoms with Gasteiger partial charge in [-0.15, -0.1) is 6.58 Å². The number of nitrogen functional groups attached to an aromatic ring is 1. The van der Waals surface area contributed by atoms with Crippen LogP contribution < -0.4 is 5.73 Å². The number of hydrogen-bond acceptors (Lipinski definition) is 3. The van der Waals surface area contributed by atoms with Crippen LogP contribution in [0.2, 0.25) is 0 Å². The van der Waals surface area contributed by atoms with Gasteiger partial charge in [-0.3, -0.25) is 0 Å². The van der Waals surface area contributed by atoms with E-state index in [4.69, 9.17) is 5.73 Å². The molecule has 19 heavy (non-hydrogen) atoms. The second kappa shape index (κ2) is 6.07. The lowest BCUT2D eigenvalue weighted by atomic mass is 10.2. The number of benzene rings is 1. The molecule has 0 heterocycles. The molecule has 0 saturated heterocycles. The fourth-order valence-corrected chi connectivity index (χ4v) is 4.10. The highest BCUT2D eigenvalue weighted by Crippen LogP contribution is 2.29. The molecule has 0 radical (unpaired) electrons. The average Bonchev–Trinajstić information content (AvgIpc) is 2.29. The molecule has 6 heteroatoms. The van der Waals surface area contributed by atoms with Gasteiger partial charge < -0.3 is 5.73 Å². The summed E-state index contributed by atoms with van der Waals surface area (Å²) in [5, 5.41) is 0. The van der Waals surface area contributed by atoms with Crippen LogP contribution in [0.1, 0.15) is 19.4 Å². The predicted octanol–water partition coefficient (Wildman–Crippen LogP) is 2.92. The van der Waals surface area contributed by atoms with Crippen LogP contribution in [0.3, 0.4) is 0 Å². The van der Waals surface area contributed by atoms with Crippen molar-refractivity contribution in [1.29, 1.82) is 0 Å². The highest BCUT2D eigenvalue weighted by Gasteiger charge is 2.27. The fraction of sp³-hybridized carbons (Fsp3) is 0.385. The zero-order valence-corrected chi connectivity index (χ0v) is 13.8. The van der Waals surface area contributed by atoms with Gasteiger partial charge in [-0.1, -0.05) is 6.08 Å². The van der Waals surface area contributed by atoms with Crippen LogP contribution in [0.15, 0.2) is 34.2 Å². The first-order valence-corrected chi connectivity index (χ1v) is 8.13. The Bertz CT molecular complexity index is 583. The van der Waals surface area contributed by atoms with Crippen molar-refractivity contribution >= 4 is 31.6 Å². The Labute approximate surface area is 123 Å². The molecule has 0 unspecified atom stereocenters. The number of nitrogens with two attached hydrogens (primary N) is 1. The summed E-state index contributed by atoms with van der Waals surface area (Å²) >= 11 is 3.29. The minimum atomic E-state index is -3.57. The largest absolute Gasteiger partial charge is 0.398 e. The molecule has 0 spiro atoms. The molecule has 0 aliphatic rings. The molecule has 4 nitrogen and oxygen atoms in total. The van der Waals surface area contributed by atoms with E-state index >= 15 is 0 Å². The van der Waals surface area contributed by atoms with Crippen LogP contribution in [-0.2, 0) is 10.0 Å². The molecular formula is C13H19BrN2O2S. The van der Waals surface area contributed by atoms with Crippen molar-refractivity contribution in [1.82, 2.24) is 4.31 Å². The smallest absolute Gasteiger partial charge is 0.243 e. The third-order valence-corrected chi connectivity index (χ3v) is 5.64. The second-order valence-corrected chi connectivity index (χ2v) is 7.31. The molecule has 1 aromatic rings. The molecule has 0 amide bonds. The van der Waals surface area contributed by atoms with Crippen LogP contribution in [0.5, 0.6) is 0 Å². The van der Waals surface area contributed by atoms with Crippen molar-refractivity contribution in [2.24, 2.45) is 0 Å². The van der Waals surface area contributed by atoms with E-state index in [0.717, 1.165) is 0 Å². The first kappa shape index (κ1) is 16.2. The predicted molar refractivity (Wildman–Crippen MR) is 82.5 cm³/mol. The zero-order chi connectivity index (χ0) is 14.8. The number of anilines is 1. The van der Waals surface area contributed by atoms with Gasteiger partial charge in [0, 0.05) is 22.7 Å². The number of nitrogens with zero attached hydrogens (tertiary/aromatic N) is 1. The van der Waals surface area contributed by atoms with Gasteiger partial charge in [-0.25, -0.2) is 8.42 Å². The maximum absolute atomic E-state index is 12.7. The number of sulfonamides is 1. The van der Waals surface area contributed by atoms with E-state index in [2.05, 4.69) is 22.5 Å². The quantitative estimate of drug-likeness (QED) is 0.658. The van der Waals surface area contributed by atoms with Gasteiger partial charge >= 0.3 is 0 Å². The number of halogens is 1. The monoisotopic (exact) mass is 346 g/mol. The van der Waals surface area contributed by atoms with Gasteiger partial charge in [0.05, 0.1) is 4.90 Å². The summed E-state index contributed by atoms with van der Waals surface area (Å²) in [7, 11) is -3.57. The highest BCUT2D eigenvalue weighted by atomic mass is 79.9. The van der Waals surface area contributed by atoms with E-state index in [-0.39, 0.29) is 17.5 Å². The van der Waals surface area contributed by atoms with Crippen LogP contribution in [0.4, 0.5) is 5.69 Å². The summed E-state index contributed by atoms with van der Waals surface area (Å²) in [6.07, 6.45) is 1.58. The molecule has 0 aliphatic carbocycles. The lowest BCUT2D eigenvalue weighted by Gasteiger charge is -2.25. The summed E-state index contributed by atoms with van der Waals surface area (Å²) in [4.78, 5) is 0.240. The molecule has 0 fully saturated rings. The van der Waals surface area contributed by atoms with Crippen molar-refractivity contribution < 1.29 is 8.42 Å². The van der Waals surface area contributed by atoms with Crippen molar-refractivity contribution in [3.63, 3.8) is 0 Å². The lowest BCUT2D eigenvalue weighted by molar-refractivity contribution is 0.382. The van der Waals surface area contributed by atoms with Gasteiger partial charge in [0.2, 0.25) is 10.0 Å². The van der Waals surface area contributed by atoms with Crippen LogP contribution in [0, 0.1) is 6.92 Å². The Hall–Kier alpha value is -0.850. The van der Waals surface area contributed by atoms with Crippen LogP contribution in [-0.4, -0.2) is 25.3 Å². The first-order chi connectivity index (χ1) is 8.71. The van der Waals surface area contributed by atoms with Crippen molar-refractivity contribution in [3.05, 3.63) is 34.8 Å². The van der Waals surface area contributed by atoms with Crippen LogP contribution in [0.25, 0.3) is 0 Å². The van der Waals surface area contributed by atoms with E-state index in [0.29, 0.717) is 15.7 Å². The van der Waals surface area contributed by atoms with E-state index in [1.165, 1.54) is 10.4 Å². The van der Waals surface area contributed by atoms with E-state index in [9.17, 15) is 8.42 Å². The minimum Gasteiger partial charge on any atom is -0.398 e. The normalized spacial score (nSPS) is 12.1. The van der Waals surface area contributed by atoms with Gasteiger partial charge in [0.15, 0.2) is 0 Å². The molecule has 0 atom stereocenters. The van der Waals surface area contributed by atoms with Crippen molar-refractivity contribution in [2.45, 2.75) is 31.7 Å². The van der Waals surface area contributed by atoms with Gasteiger partial charge in [-0.2, -0.15) is 4.31 Å². The molecule has 106 valence electrons. The Kier molecular flexibility index (Phi) is 5.18. The third kappa shape index (κ3) is 3.38. The molecule has 0 aliphatic heterocycles. The molecule has 2 N–H and O–H groups in total. The summed E-state index contributed by atoms with van der Waals surface area (Å²) in [5.41, 5.74) is 6.86. The van der Waals surface area contributed by atoms with Gasteiger partial charge in [-0.05, 0) is 54.4 Å². The fourth-order valence-electron chi connectivity index (χ4n) is 1.79. The summed E-state index contributed by atoms with van der Waals surface area (Å²) in [5.74, 6) is 0. The molecule has 0 aromatic heterocycles. The van der Waals surface area contributed by atoms with E-state index < -0.39 is 10.0 Å². The Morgan fingerprint density at radius 1 is 1.47 bits per heavy atom. The molecule has 0 bridgehead atoms. The van der Waals surface area contributed by atoms with Gasteiger partial charge in [0.1, 0.15) is 0 Å². The Morgan fingerprint density at radius 3 is 2.53 bits per heavy atom. The lowest BCUT2D eigenvalue weighted by Crippen LogP contribution is -2.37. The van der Waals surface area contributed by atoms with Crippen molar-refractivity contribution in [3.8, 4) is 0 Å². The van der Waals surface area contributed by atoms with Crippen molar-refractivity contribution in [2.75, 3.05) is 12.3 Å². The van der Waals surface area contributed by atoms with Gasteiger partial charge in [0.25, 0.3) is 0 Å². The number of rotatable bonds is 5. The maximum atomic E-state index is 12.7. The third-order valence-electron chi connectivity index (χ3n) is 2.77. The zero-order valence-electron chi connectivity index (χ0n) is 11.4. The Balaban J connectivity index is 3.41. The molecular weight excluding hydrogens is 328 g/mol. The van der Waals surface area contributed by atoms with E-state index in [1.54, 1.807) is 19.1 Å². The average molecular weight is 347 g/mol. The van der Waals surface area contributed by atoms with Crippen LogP contribution >= 0.6 is 15.9 Å². The maximum Gasteiger partial charge on any atom is 0.243 e. The van der Waals surface area contributed by atoms with E-state index in [1.807, 2.05) is 13.8 Å². The first-order valence-electron chi connectivity index (χ1n) is 5.90. The molecule has 1 rings (SSSR count). The number of hydrogen-bond donors (Lipinski definition) is 1. The summed E-state index contributed by atoms with van der Waals surface area (Å²) in [6.45, 7) is 9.30. The summed E-state index contributed by atoms with van der Waals surface area (Å²) in [6, 6.07) is 3.06. The second-order valence-electron chi connectivity index (χ2n) is 4.60. The highest BCUT2D eigenvalue weighted by molar-refractivity contribution is 9.10. The SMILES string of the molecule is C=CCN(C(C)C)S(=O)(=O)c1cc(N)c(Br)cc1C. The minimum absolute atomic E-state index is 0.146. The standard InChI is InChI=1S/C13H19BrN2O2S/c1-5-6-16(9(2)3)19(17,18)13-8-12(15)11(14)7-10(13)4/h5,7-9H,1,6,15H2,2-4H3. The summed E-state index contributed by atoms with van der Waals surface area (Å²) < 4.78 is 27.4. The molecule has 1 aromatic carbocycles. The molecule has 0 saturated carbocycles. The number of aryl methyl sites for hydroxylation is 1. The Morgan fingerprint density at radius 2 is 2.05 bits per heavy atom.